The molecule has 0 aliphatic carbocycles. The predicted molar refractivity (Wildman–Crippen MR) is 80.8 cm³/mol. The maximum absolute atomic E-state index is 11.3. The summed E-state index contributed by atoms with van der Waals surface area (Å²) in [5, 5.41) is 8.99. The summed E-state index contributed by atoms with van der Waals surface area (Å²) in [7, 11) is 1.36. The molecule has 0 radical (unpaired) electrons. The van der Waals surface area contributed by atoms with Crippen molar-refractivity contribution in [2.45, 2.75) is 9.79 Å². The van der Waals surface area contributed by atoms with Crippen LogP contribution in [-0.4, -0.2) is 13.1 Å². The van der Waals surface area contributed by atoms with Crippen LogP contribution in [0.2, 0.25) is 0 Å². The lowest BCUT2D eigenvalue weighted by atomic mass is 10.2. The fourth-order valence-electron chi connectivity index (χ4n) is 1.57. The highest BCUT2D eigenvalue weighted by atomic mass is 79.9. The quantitative estimate of drug-likeness (QED) is 0.778. The number of hydrogen-bond acceptors (Lipinski definition) is 4. The van der Waals surface area contributed by atoms with Gasteiger partial charge in [-0.05, 0) is 58.4 Å². The van der Waals surface area contributed by atoms with Gasteiger partial charge in [-0.25, -0.2) is 4.79 Å². The first-order valence-electron chi connectivity index (χ1n) is 5.70. The number of esters is 1. The average molecular weight is 348 g/mol. The predicted octanol–water partition coefficient (Wildman–Crippen LogP) is 4.26. The lowest BCUT2D eigenvalue weighted by molar-refractivity contribution is 0.0600. The molecule has 0 fully saturated rings. The zero-order valence-corrected chi connectivity index (χ0v) is 13.0. The van der Waals surface area contributed by atoms with Crippen LogP contribution in [0.4, 0.5) is 0 Å². The molecule has 0 bridgehead atoms. The summed E-state index contributed by atoms with van der Waals surface area (Å²) in [6, 6.07) is 14.9. The molecule has 0 heterocycles. The van der Waals surface area contributed by atoms with Gasteiger partial charge in [0.05, 0.1) is 18.2 Å². The van der Waals surface area contributed by atoms with Gasteiger partial charge >= 0.3 is 5.97 Å². The maximum Gasteiger partial charge on any atom is 0.337 e. The minimum absolute atomic E-state index is 0.350. The third-order valence-electron chi connectivity index (χ3n) is 2.57. The Morgan fingerprint density at radius 1 is 1.20 bits per heavy atom. The number of hydrogen-bond donors (Lipinski definition) is 0. The molecule has 0 spiro atoms. The van der Waals surface area contributed by atoms with E-state index in [2.05, 4.69) is 26.7 Å². The molecule has 0 saturated carbocycles. The van der Waals surface area contributed by atoms with Crippen LogP contribution >= 0.6 is 27.7 Å². The highest BCUT2D eigenvalue weighted by Gasteiger charge is 2.06. The van der Waals surface area contributed by atoms with Crippen molar-refractivity contribution in [3.8, 4) is 6.07 Å². The second-order valence-corrected chi connectivity index (χ2v) is 5.87. The van der Waals surface area contributed by atoms with Gasteiger partial charge in [-0.1, -0.05) is 11.8 Å². The highest BCUT2D eigenvalue weighted by Crippen LogP contribution is 2.30. The second-order valence-electron chi connectivity index (χ2n) is 3.87. The van der Waals surface area contributed by atoms with Crippen molar-refractivity contribution in [1.82, 2.24) is 0 Å². The van der Waals surface area contributed by atoms with E-state index in [1.165, 1.54) is 18.9 Å². The van der Waals surface area contributed by atoms with Crippen LogP contribution in [0, 0.1) is 11.3 Å². The van der Waals surface area contributed by atoms with Crippen molar-refractivity contribution in [2.75, 3.05) is 7.11 Å². The number of ether oxygens (including phenoxy) is 1. The van der Waals surface area contributed by atoms with E-state index in [4.69, 9.17) is 5.26 Å². The Morgan fingerprint density at radius 2 is 1.85 bits per heavy atom. The zero-order valence-electron chi connectivity index (χ0n) is 10.6. The van der Waals surface area contributed by atoms with Crippen LogP contribution in [0.1, 0.15) is 15.9 Å². The third-order valence-corrected chi connectivity index (χ3v) is 4.26. The van der Waals surface area contributed by atoms with Crippen LogP contribution in [0.25, 0.3) is 0 Å². The fraction of sp³-hybridized carbons (Fsp3) is 0.0667. The van der Waals surface area contributed by atoms with E-state index >= 15 is 0 Å². The Bertz CT molecular complexity index is 677. The molecule has 0 aromatic heterocycles. The zero-order chi connectivity index (χ0) is 14.5. The smallest absolute Gasteiger partial charge is 0.337 e. The van der Waals surface area contributed by atoms with Gasteiger partial charge in [0.15, 0.2) is 0 Å². The summed E-state index contributed by atoms with van der Waals surface area (Å²) in [6.07, 6.45) is 0. The molecule has 0 aliphatic rings. The standard InChI is InChI=1S/C15H10BrNO2S/c1-19-15(18)10-2-4-12(5-3-10)20-13-6-7-14(16)11(8-13)9-17/h2-8H,1H3. The van der Waals surface area contributed by atoms with Crippen LogP contribution in [-0.2, 0) is 4.74 Å². The molecular formula is C15H10BrNO2S. The van der Waals surface area contributed by atoms with Gasteiger partial charge in [0.25, 0.3) is 0 Å². The van der Waals surface area contributed by atoms with Crippen LogP contribution < -0.4 is 0 Å². The minimum atomic E-state index is -0.350. The van der Waals surface area contributed by atoms with Gasteiger partial charge < -0.3 is 4.74 Å². The summed E-state index contributed by atoms with van der Waals surface area (Å²) >= 11 is 4.86. The summed E-state index contributed by atoms with van der Waals surface area (Å²) < 4.78 is 5.43. The molecule has 3 nitrogen and oxygen atoms in total. The van der Waals surface area contributed by atoms with Crippen molar-refractivity contribution >= 4 is 33.7 Å². The lowest BCUT2D eigenvalue weighted by Crippen LogP contribution is -2.00. The van der Waals surface area contributed by atoms with Crippen LogP contribution in [0.3, 0.4) is 0 Å². The van der Waals surface area contributed by atoms with Gasteiger partial charge in [0, 0.05) is 14.3 Å². The first-order valence-corrected chi connectivity index (χ1v) is 7.31. The van der Waals surface area contributed by atoms with Gasteiger partial charge in [0.1, 0.15) is 6.07 Å². The van der Waals surface area contributed by atoms with Crippen LogP contribution in [0.5, 0.6) is 0 Å². The number of benzene rings is 2. The molecule has 2 aromatic carbocycles. The van der Waals surface area contributed by atoms with E-state index in [1.807, 2.05) is 30.3 Å². The Balaban J connectivity index is 2.18. The van der Waals surface area contributed by atoms with Crippen molar-refractivity contribution in [2.24, 2.45) is 0 Å². The van der Waals surface area contributed by atoms with E-state index in [0.29, 0.717) is 11.1 Å². The SMILES string of the molecule is COC(=O)c1ccc(Sc2ccc(Br)c(C#N)c2)cc1. The van der Waals surface area contributed by atoms with E-state index in [9.17, 15) is 4.79 Å². The van der Waals surface area contributed by atoms with Crippen molar-refractivity contribution in [1.29, 1.82) is 5.26 Å². The van der Waals surface area contributed by atoms with E-state index in [-0.39, 0.29) is 5.97 Å². The van der Waals surface area contributed by atoms with Gasteiger partial charge in [-0.2, -0.15) is 5.26 Å². The van der Waals surface area contributed by atoms with Crippen LogP contribution in [0.15, 0.2) is 56.7 Å². The normalized spacial score (nSPS) is 9.85. The van der Waals surface area contributed by atoms with Gasteiger partial charge in [-0.3, -0.25) is 0 Å². The third kappa shape index (κ3) is 3.41. The summed E-state index contributed by atoms with van der Waals surface area (Å²) in [5.41, 5.74) is 1.12. The molecule has 0 atom stereocenters. The Kier molecular flexibility index (Phi) is 4.83. The molecule has 20 heavy (non-hydrogen) atoms. The van der Waals surface area contributed by atoms with Gasteiger partial charge in [-0.15, -0.1) is 0 Å². The number of carbonyl (C=O) groups is 1. The van der Waals surface area contributed by atoms with Crippen molar-refractivity contribution < 1.29 is 9.53 Å². The monoisotopic (exact) mass is 347 g/mol. The van der Waals surface area contributed by atoms with Crippen molar-refractivity contribution in [3.05, 3.63) is 58.1 Å². The Morgan fingerprint density at radius 3 is 2.45 bits per heavy atom. The number of nitrogens with zero attached hydrogens (tertiary/aromatic N) is 1. The summed E-state index contributed by atoms with van der Waals surface area (Å²) in [4.78, 5) is 13.3. The van der Waals surface area contributed by atoms with Crippen molar-refractivity contribution in [3.63, 3.8) is 0 Å². The topological polar surface area (TPSA) is 50.1 Å². The molecule has 0 N–H and O–H groups in total. The first kappa shape index (κ1) is 14.6. The lowest BCUT2D eigenvalue weighted by Gasteiger charge is -2.04. The van der Waals surface area contributed by atoms with Gasteiger partial charge in [0.2, 0.25) is 0 Å². The molecule has 0 saturated heterocycles. The number of halogens is 1. The first-order chi connectivity index (χ1) is 9.63. The number of nitriles is 1. The molecule has 0 amide bonds. The maximum atomic E-state index is 11.3. The molecule has 5 heteroatoms. The molecule has 100 valence electrons. The largest absolute Gasteiger partial charge is 0.465 e. The molecule has 2 aromatic rings. The number of methoxy groups -OCH3 is 1. The van der Waals surface area contributed by atoms with E-state index in [0.717, 1.165) is 14.3 Å². The van der Waals surface area contributed by atoms with E-state index in [1.54, 1.807) is 12.1 Å². The number of rotatable bonds is 3. The number of carbonyl (C=O) groups excluding carboxylic acids is 1. The summed E-state index contributed by atoms with van der Waals surface area (Å²) in [6.45, 7) is 0. The molecule has 2 rings (SSSR count). The fourth-order valence-corrected chi connectivity index (χ4v) is 2.76. The Hall–Kier alpha value is -1.77. The highest BCUT2D eigenvalue weighted by molar-refractivity contribution is 9.10. The average Bonchev–Trinajstić information content (AvgIpc) is 2.49. The Labute approximate surface area is 129 Å². The second kappa shape index (κ2) is 6.60. The summed E-state index contributed by atoms with van der Waals surface area (Å²) in [5.74, 6) is -0.350. The molecule has 0 aliphatic heterocycles. The minimum Gasteiger partial charge on any atom is -0.465 e. The molecular weight excluding hydrogens is 338 g/mol. The molecule has 0 unspecified atom stereocenters. The van der Waals surface area contributed by atoms with E-state index < -0.39 is 0 Å².